The van der Waals surface area contributed by atoms with Crippen molar-refractivity contribution in [1.82, 2.24) is 15.5 Å². The minimum absolute atomic E-state index is 0.0404. The Balaban J connectivity index is 1.37. The molecule has 0 radical (unpaired) electrons. The van der Waals surface area contributed by atoms with E-state index in [4.69, 9.17) is 21.1 Å². The SMILES string of the molecule is O=C1NCc2c1cccc2C(CCCc1cc(Cl)cc2c1OCCO2)N1CCNCC1. The molecule has 1 unspecified atom stereocenters. The molecule has 5 rings (SSSR count). The van der Waals surface area contributed by atoms with Crippen LogP contribution in [0.3, 0.4) is 0 Å². The summed E-state index contributed by atoms with van der Waals surface area (Å²) in [5.74, 6) is 1.63. The molecule has 6 nitrogen and oxygen atoms in total. The molecular weight excluding hydrogens is 414 g/mol. The summed E-state index contributed by atoms with van der Waals surface area (Å²) in [4.78, 5) is 14.8. The lowest BCUT2D eigenvalue weighted by Gasteiger charge is -2.36. The number of rotatable bonds is 6. The van der Waals surface area contributed by atoms with Crippen LogP contribution in [0.25, 0.3) is 0 Å². The van der Waals surface area contributed by atoms with Crippen LogP contribution in [0.1, 0.15) is 45.9 Å². The predicted octanol–water partition coefficient (Wildman–Crippen LogP) is 3.32. The number of nitrogens with one attached hydrogen (secondary N) is 2. The number of halogens is 1. The fourth-order valence-corrected chi connectivity index (χ4v) is 5.21. The molecule has 0 bridgehead atoms. The molecule has 2 aromatic rings. The molecule has 0 spiro atoms. The minimum Gasteiger partial charge on any atom is -0.486 e. The van der Waals surface area contributed by atoms with Gasteiger partial charge >= 0.3 is 0 Å². The summed E-state index contributed by atoms with van der Waals surface area (Å²) in [6.45, 7) is 5.77. The van der Waals surface area contributed by atoms with E-state index in [1.807, 2.05) is 24.3 Å². The predicted molar refractivity (Wildman–Crippen MR) is 120 cm³/mol. The maximum atomic E-state index is 12.2. The Labute approximate surface area is 187 Å². The number of piperazine rings is 1. The van der Waals surface area contributed by atoms with Crippen molar-refractivity contribution in [2.75, 3.05) is 39.4 Å². The molecule has 3 aliphatic heterocycles. The van der Waals surface area contributed by atoms with Crippen LogP contribution >= 0.6 is 11.6 Å². The van der Waals surface area contributed by atoms with Gasteiger partial charge in [-0.25, -0.2) is 0 Å². The summed E-state index contributed by atoms with van der Waals surface area (Å²) in [6, 6.07) is 10.3. The molecule has 164 valence electrons. The highest BCUT2D eigenvalue weighted by molar-refractivity contribution is 6.30. The summed E-state index contributed by atoms with van der Waals surface area (Å²) in [7, 11) is 0. The molecule has 0 aliphatic carbocycles. The third kappa shape index (κ3) is 4.25. The zero-order valence-electron chi connectivity index (χ0n) is 17.6. The molecule has 3 aliphatic rings. The van der Waals surface area contributed by atoms with Crippen molar-refractivity contribution in [3.63, 3.8) is 0 Å². The van der Waals surface area contributed by atoms with E-state index in [0.717, 1.165) is 73.6 Å². The van der Waals surface area contributed by atoms with E-state index in [1.165, 1.54) is 5.56 Å². The zero-order chi connectivity index (χ0) is 21.2. The van der Waals surface area contributed by atoms with Gasteiger partial charge < -0.3 is 20.1 Å². The standard InChI is InChI=1S/C24H28ClN3O3/c25-17-13-16(23-22(14-17)30-11-12-31-23)3-1-6-21(28-9-7-26-8-10-28)18-4-2-5-19-20(18)15-27-24(19)29/h2,4-5,13-14,21,26H,1,3,6-12,15H2,(H,27,29). The number of ether oxygens (including phenoxy) is 2. The molecule has 1 amide bonds. The van der Waals surface area contributed by atoms with Crippen LogP contribution in [0.15, 0.2) is 30.3 Å². The Morgan fingerprint density at radius 3 is 2.84 bits per heavy atom. The highest BCUT2D eigenvalue weighted by Gasteiger charge is 2.29. The van der Waals surface area contributed by atoms with Crippen LogP contribution in [0, 0.1) is 0 Å². The molecule has 31 heavy (non-hydrogen) atoms. The molecule has 1 fully saturated rings. The van der Waals surface area contributed by atoms with Gasteiger partial charge in [0.15, 0.2) is 11.5 Å². The average molecular weight is 442 g/mol. The lowest BCUT2D eigenvalue weighted by molar-refractivity contribution is 0.0965. The van der Waals surface area contributed by atoms with Gasteiger partial charge in [-0.3, -0.25) is 9.69 Å². The number of amides is 1. The van der Waals surface area contributed by atoms with Gasteiger partial charge in [-0.05, 0) is 48.1 Å². The molecule has 3 heterocycles. The van der Waals surface area contributed by atoms with Crippen LogP contribution in [-0.2, 0) is 13.0 Å². The number of hydrogen-bond donors (Lipinski definition) is 2. The summed E-state index contributed by atoms with van der Waals surface area (Å²) in [5.41, 5.74) is 4.38. The van der Waals surface area contributed by atoms with Gasteiger partial charge in [-0.15, -0.1) is 0 Å². The average Bonchev–Trinajstić information content (AvgIpc) is 3.18. The first-order chi connectivity index (χ1) is 15.2. The summed E-state index contributed by atoms with van der Waals surface area (Å²) in [6.07, 6.45) is 2.88. The molecule has 2 N–H and O–H groups in total. The van der Waals surface area contributed by atoms with E-state index in [-0.39, 0.29) is 11.9 Å². The lowest BCUT2D eigenvalue weighted by Crippen LogP contribution is -2.45. The third-order valence-electron chi connectivity index (χ3n) is 6.44. The number of fused-ring (bicyclic) bond motifs is 2. The van der Waals surface area contributed by atoms with Crippen molar-refractivity contribution < 1.29 is 14.3 Å². The number of aryl methyl sites for hydroxylation is 1. The van der Waals surface area contributed by atoms with Crippen molar-refractivity contribution in [2.24, 2.45) is 0 Å². The molecule has 2 aromatic carbocycles. The van der Waals surface area contributed by atoms with E-state index in [0.29, 0.717) is 24.8 Å². The lowest BCUT2D eigenvalue weighted by atomic mass is 9.91. The molecule has 0 saturated carbocycles. The van der Waals surface area contributed by atoms with Crippen LogP contribution < -0.4 is 20.1 Å². The second kappa shape index (κ2) is 9.07. The van der Waals surface area contributed by atoms with Gasteiger partial charge in [-0.1, -0.05) is 23.7 Å². The summed E-state index contributed by atoms with van der Waals surface area (Å²) >= 11 is 6.33. The summed E-state index contributed by atoms with van der Waals surface area (Å²) < 4.78 is 11.6. The van der Waals surface area contributed by atoms with E-state index in [1.54, 1.807) is 0 Å². The number of benzene rings is 2. The first kappa shape index (κ1) is 20.6. The monoisotopic (exact) mass is 441 g/mol. The molecule has 0 aromatic heterocycles. The Bertz CT molecular complexity index is 975. The number of nitrogens with zero attached hydrogens (tertiary/aromatic N) is 1. The third-order valence-corrected chi connectivity index (χ3v) is 6.66. The van der Waals surface area contributed by atoms with E-state index < -0.39 is 0 Å². The largest absolute Gasteiger partial charge is 0.486 e. The Kier molecular flexibility index (Phi) is 6.03. The van der Waals surface area contributed by atoms with Crippen LogP contribution in [0.5, 0.6) is 11.5 Å². The number of carbonyl (C=O) groups excluding carboxylic acids is 1. The van der Waals surface area contributed by atoms with Gasteiger partial charge in [0.2, 0.25) is 0 Å². The normalized spacial score (nSPS) is 19.1. The highest BCUT2D eigenvalue weighted by atomic mass is 35.5. The topological polar surface area (TPSA) is 62.8 Å². The summed E-state index contributed by atoms with van der Waals surface area (Å²) in [5, 5.41) is 7.12. The van der Waals surface area contributed by atoms with E-state index in [2.05, 4.69) is 21.6 Å². The molecule has 1 atom stereocenters. The quantitative estimate of drug-likeness (QED) is 0.720. The number of hydrogen-bond acceptors (Lipinski definition) is 5. The van der Waals surface area contributed by atoms with Gasteiger partial charge in [0, 0.05) is 55.4 Å². The zero-order valence-corrected chi connectivity index (χ0v) is 18.3. The van der Waals surface area contributed by atoms with Gasteiger partial charge in [0.25, 0.3) is 5.91 Å². The second-order valence-corrected chi connectivity index (χ2v) is 8.78. The van der Waals surface area contributed by atoms with Crippen molar-refractivity contribution in [2.45, 2.75) is 31.8 Å². The van der Waals surface area contributed by atoms with Gasteiger partial charge in [-0.2, -0.15) is 0 Å². The Hall–Kier alpha value is -2.28. The fraction of sp³-hybridized carbons (Fsp3) is 0.458. The van der Waals surface area contributed by atoms with Crippen molar-refractivity contribution in [3.8, 4) is 11.5 Å². The fourth-order valence-electron chi connectivity index (χ4n) is 4.98. The smallest absolute Gasteiger partial charge is 0.251 e. The molecule has 1 saturated heterocycles. The maximum absolute atomic E-state index is 12.2. The van der Waals surface area contributed by atoms with E-state index >= 15 is 0 Å². The van der Waals surface area contributed by atoms with Gasteiger partial charge in [0.1, 0.15) is 13.2 Å². The highest BCUT2D eigenvalue weighted by Crippen LogP contribution is 2.39. The Morgan fingerprint density at radius 1 is 1.13 bits per heavy atom. The van der Waals surface area contributed by atoms with Gasteiger partial charge in [0.05, 0.1) is 0 Å². The van der Waals surface area contributed by atoms with Crippen molar-refractivity contribution in [1.29, 1.82) is 0 Å². The van der Waals surface area contributed by atoms with E-state index in [9.17, 15) is 4.79 Å². The second-order valence-electron chi connectivity index (χ2n) is 8.34. The maximum Gasteiger partial charge on any atom is 0.251 e. The van der Waals surface area contributed by atoms with Crippen LogP contribution in [0.4, 0.5) is 0 Å². The molecule has 7 heteroatoms. The van der Waals surface area contributed by atoms with Crippen LogP contribution in [-0.4, -0.2) is 50.2 Å². The Morgan fingerprint density at radius 2 is 1.97 bits per heavy atom. The number of carbonyl (C=O) groups is 1. The minimum atomic E-state index is 0.0404. The van der Waals surface area contributed by atoms with Crippen LogP contribution in [0.2, 0.25) is 5.02 Å². The van der Waals surface area contributed by atoms with Crippen molar-refractivity contribution >= 4 is 17.5 Å². The first-order valence-corrected chi connectivity index (χ1v) is 11.5. The van der Waals surface area contributed by atoms with Crippen molar-refractivity contribution in [3.05, 3.63) is 57.6 Å². The molecular formula is C24H28ClN3O3. The first-order valence-electron chi connectivity index (χ1n) is 11.1.